The molecule has 1 aliphatic rings. The van der Waals surface area contributed by atoms with Gasteiger partial charge in [-0.05, 0) is 42.0 Å². The van der Waals surface area contributed by atoms with Crippen LogP contribution in [0.2, 0.25) is 10.0 Å². The maximum atomic E-state index is 12.2. The largest absolute Gasteiger partial charge is 0.497 e. The third-order valence-electron chi connectivity index (χ3n) is 3.60. The van der Waals surface area contributed by atoms with Crippen molar-refractivity contribution in [2.24, 2.45) is 5.10 Å². The van der Waals surface area contributed by atoms with E-state index in [9.17, 15) is 4.79 Å². The second-order valence-corrected chi connectivity index (χ2v) is 5.89. The average molecular weight is 349 g/mol. The number of carbonyl (C=O) groups excluding carboxylic acids is 1. The van der Waals surface area contributed by atoms with Crippen molar-refractivity contribution >= 4 is 40.5 Å². The topological polar surface area (TPSA) is 41.9 Å². The van der Waals surface area contributed by atoms with Crippen LogP contribution in [-0.2, 0) is 4.79 Å². The van der Waals surface area contributed by atoms with Crippen LogP contribution in [0.15, 0.2) is 47.6 Å². The van der Waals surface area contributed by atoms with Gasteiger partial charge in [0.25, 0.3) is 0 Å². The number of halogens is 2. The maximum Gasteiger partial charge on any atom is 0.247 e. The molecule has 2 aromatic rings. The minimum atomic E-state index is -0.0426. The Kier molecular flexibility index (Phi) is 4.55. The van der Waals surface area contributed by atoms with E-state index in [0.717, 1.165) is 17.0 Å². The van der Waals surface area contributed by atoms with Crippen molar-refractivity contribution in [3.63, 3.8) is 0 Å². The van der Waals surface area contributed by atoms with Crippen molar-refractivity contribution in [1.82, 2.24) is 0 Å². The standard InChI is InChI=1S/C17H14Cl2N2O2/c1-23-13-5-3-12(4-6-13)21-17(22)9-8-16(20-21)11-2-7-14(18)15(19)10-11/h2-7,10H,8-9H2,1H3. The lowest BCUT2D eigenvalue weighted by atomic mass is 10.0. The van der Waals surface area contributed by atoms with Crippen molar-refractivity contribution in [1.29, 1.82) is 0 Å². The van der Waals surface area contributed by atoms with Gasteiger partial charge in [-0.15, -0.1) is 0 Å². The van der Waals surface area contributed by atoms with Gasteiger partial charge in [0, 0.05) is 12.8 Å². The molecule has 0 fully saturated rings. The molecule has 4 nitrogen and oxygen atoms in total. The van der Waals surface area contributed by atoms with E-state index >= 15 is 0 Å². The van der Waals surface area contributed by atoms with Crippen molar-refractivity contribution in [3.8, 4) is 5.75 Å². The molecule has 0 saturated heterocycles. The van der Waals surface area contributed by atoms with Crippen LogP contribution in [0.25, 0.3) is 0 Å². The maximum absolute atomic E-state index is 12.2. The molecule has 118 valence electrons. The zero-order valence-corrected chi connectivity index (χ0v) is 13.9. The van der Waals surface area contributed by atoms with Gasteiger partial charge in [0.1, 0.15) is 5.75 Å². The molecule has 6 heteroatoms. The third kappa shape index (κ3) is 3.33. The molecular formula is C17H14Cl2N2O2. The number of anilines is 1. The predicted octanol–water partition coefficient (Wildman–Crippen LogP) is 4.53. The summed E-state index contributed by atoms with van der Waals surface area (Å²) in [4.78, 5) is 12.2. The van der Waals surface area contributed by atoms with E-state index in [1.54, 1.807) is 43.5 Å². The summed E-state index contributed by atoms with van der Waals surface area (Å²) in [6, 6.07) is 12.6. The highest BCUT2D eigenvalue weighted by Gasteiger charge is 2.23. The monoisotopic (exact) mass is 348 g/mol. The first-order valence-corrected chi connectivity index (χ1v) is 7.84. The van der Waals surface area contributed by atoms with E-state index in [2.05, 4.69) is 5.10 Å². The highest BCUT2D eigenvalue weighted by molar-refractivity contribution is 6.42. The summed E-state index contributed by atoms with van der Waals surface area (Å²) >= 11 is 12.0. The van der Waals surface area contributed by atoms with Crippen molar-refractivity contribution < 1.29 is 9.53 Å². The molecule has 0 N–H and O–H groups in total. The Hall–Kier alpha value is -2.04. The molecule has 0 unspecified atom stereocenters. The Labute approximate surface area is 144 Å². The van der Waals surface area contributed by atoms with Crippen LogP contribution in [0.5, 0.6) is 5.75 Å². The van der Waals surface area contributed by atoms with Gasteiger partial charge in [-0.2, -0.15) is 5.10 Å². The van der Waals surface area contributed by atoms with Gasteiger partial charge >= 0.3 is 0 Å². The second-order valence-electron chi connectivity index (χ2n) is 5.08. The zero-order valence-electron chi connectivity index (χ0n) is 12.4. The first-order chi connectivity index (χ1) is 11.1. The SMILES string of the molecule is COc1ccc(N2N=C(c3ccc(Cl)c(Cl)c3)CCC2=O)cc1. The lowest BCUT2D eigenvalue weighted by molar-refractivity contribution is -0.118. The van der Waals surface area contributed by atoms with Crippen LogP contribution < -0.4 is 9.75 Å². The number of rotatable bonds is 3. The highest BCUT2D eigenvalue weighted by Crippen LogP contribution is 2.27. The number of methoxy groups -OCH3 is 1. The first kappa shape index (κ1) is 15.8. The quantitative estimate of drug-likeness (QED) is 0.817. The van der Waals surface area contributed by atoms with Gasteiger partial charge in [0.15, 0.2) is 0 Å². The minimum absolute atomic E-state index is 0.0426. The van der Waals surface area contributed by atoms with Gasteiger partial charge in [-0.1, -0.05) is 29.3 Å². The number of ether oxygens (including phenoxy) is 1. The first-order valence-electron chi connectivity index (χ1n) is 7.08. The fraction of sp³-hybridized carbons (Fsp3) is 0.176. The molecule has 0 aromatic heterocycles. The van der Waals surface area contributed by atoms with Gasteiger partial charge < -0.3 is 4.74 Å². The molecule has 1 heterocycles. The lowest BCUT2D eigenvalue weighted by Crippen LogP contribution is -2.31. The average Bonchev–Trinajstić information content (AvgIpc) is 2.58. The van der Waals surface area contributed by atoms with Crippen molar-refractivity contribution in [3.05, 3.63) is 58.1 Å². The molecule has 1 amide bonds. The van der Waals surface area contributed by atoms with Crippen LogP contribution in [0, 0.1) is 0 Å². The molecule has 3 rings (SSSR count). The third-order valence-corrected chi connectivity index (χ3v) is 4.34. The van der Waals surface area contributed by atoms with Crippen LogP contribution >= 0.6 is 23.2 Å². The summed E-state index contributed by atoms with van der Waals surface area (Å²) in [5, 5.41) is 6.87. The van der Waals surface area contributed by atoms with E-state index < -0.39 is 0 Å². The number of amides is 1. The molecule has 0 aliphatic carbocycles. The molecular weight excluding hydrogens is 335 g/mol. The fourth-order valence-corrected chi connectivity index (χ4v) is 2.66. The Morgan fingerprint density at radius 1 is 1.04 bits per heavy atom. The number of nitrogens with zero attached hydrogens (tertiary/aromatic N) is 2. The van der Waals surface area contributed by atoms with Crippen LogP contribution in [0.3, 0.4) is 0 Å². The van der Waals surface area contributed by atoms with Gasteiger partial charge in [-0.3, -0.25) is 4.79 Å². The summed E-state index contributed by atoms with van der Waals surface area (Å²) in [5.74, 6) is 0.686. The number of hydrogen-bond donors (Lipinski definition) is 0. The highest BCUT2D eigenvalue weighted by atomic mass is 35.5. The molecule has 0 spiro atoms. The number of benzene rings is 2. The second kappa shape index (κ2) is 6.60. The Bertz CT molecular complexity index is 773. The van der Waals surface area contributed by atoms with E-state index in [-0.39, 0.29) is 5.91 Å². The molecule has 0 saturated carbocycles. The van der Waals surface area contributed by atoms with Gasteiger partial charge in [0.2, 0.25) is 5.91 Å². The Balaban J connectivity index is 1.95. The normalized spacial score (nSPS) is 14.7. The molecule has 1 aliphatic heterocycles. The summed E-state index contributed by atoms with van der Waals surface area (Å²) in [7, 11) is 1.60. The summed E-state index contributed by atoms with van der Waals surface area (Å²) in [6.45, 7) is 0. The van der Waals surface area contributed by atoms with Crippen molar-refractivity contribution in [2.75, 3.05) is 12.1 Å². The van der Waals surface area contributed by atoms with Crippen molar-refractivity contribution in [2.45, 2.75) is 12.8 Å². The number of hydrogen-bond acceptors (Lipinski definition) is 3. The molecule has 0 atom stereocenters. The minimum Gasteiger partial charge on any atom is -0.497 e. The molecule has 0 radical (unpaired) electrons. The summed E-state index contributed by atoms with van der Waals surface area (Å²) in [6.07, 6.45) is 0.967. The van der Waals surface area contributed by atoms with E-state index in [1.807, 2.05) is 6.07 Å². The number of carbonyl (C=O) groups is 1. The van der Waals surface area contributed by atoms with E-state index in [0.29, 0.717) is 28.6 Å². The Morgan fingerprint density at radius 2 is 1.78 bits per heavy atom. The Morgan fingerprint density at radius 3 is 2.43 bits per heavy atom. The van der Waals surface area contributed by atoms with E-state index in [4.69, 9.17) is 27.9 Å². The van der Waals surface area contributed by atoms with Crippen LogP contribution in [0.4, 0.5) is 5.69 Å². The number of hydrazone groups is 1. The smallest absolute Gasteiger partial charge is 0.247 e. The van der Waals surface area contributed by atoms with Gasteiger partial charge in [-0.25, -0.2) is 5.01 Å². The summed E-state index contributed by atoms with van der Waals surface area (Å²) < 4.78 is 5.13. The lowest BCUT2D eigenvalue weighted by Gasteiger charge is -2.24. The van der Waals surface area contributed by atoms with Crippen LogP contribution in [-0.4, -0.2) is 18.7 Å². The van der Waals surface area contributed by atoms with E-state index in [1.165, 1.54) is 5.01 Å². The fourth-order valence-electron chi connectivity index (χ4n) is 2.36. The molecule has 23 heavy (non-hydrogen) atoms. The molecule has 2 aromatic carbocycles. The van der Waals surface area contributed by atoms with Crippen LogP contribution in [0.1, 0.15) is 18.4 Å². The predicted molar refractivity (Wildman–Crippen MR) is 92.7 cm³/mol. The molecule has 0 bridgehead atoms. The zero-order chi connectivity index (χ0) is 16.4. The summed E-state index contributed by atoms with van der Waals surface area (Å²) in [5.41, 5.74) is 2.37. The van der Waals surface area contributed by atoms with Gasteiger partial charge in [0.05, 0.1) is 28.6 Å².